The summed E-state index contributed by atoms with van der Waals surface area (Å²) in [6, 6.07) is 8.14. The molecule has 1 aliphatic rings. The number of aromatic hydroxyl groups is 2. The van der Waals surface area contributed by atoms with Gasteiger partial charge in [0.15, 0.2) is 0 Å². The summed E-state index contributed by atoms with van der Waals surface area (Å²) in [5.74, 6) is 1.10. The van der Waals surface area contributed by atoms with Gasteiger partial charge in [0.05, 0.1) is 17.9 Å². The lowest BCUT2D eigenvalue weighted by Crippen LogP contribution is -2.34. The second-order valence-corrected chi connectivity index (χ2v) is 10.4. The van der Waals surface area contributed by atoms with Crippen LogP contribution >= 0.6 is 63.7 Å². The van der Waals surface area contributed by atoms with Crippen LogP contribution in [0.5, 0.6) is 11.5 Å². The smallest absolute Gasteiger partial charge is 0.143 e. The third-order valence-electron chi connectivity index (χ3n) is 5.57. The molecule has 2 aromatic rings. The van der Waals surface area contributed by atoms with Gasteiger partial charge < -0.3 is 10.2 Å². The molecule has 1 fully saturated rings. The van der Waals surface area contributed by atoms with Gasteiger partial charge in [-0.15, -0.1) is 0 Å². The summed E-state index contributed by atoms with van der Waals surface area (Å²) in [5.41, 5.74) is 2.20. The van der Waals surface area contributed by atoms with Crippen molar-refractivity contribution in [1.82, 2.24) is 0 Å². The van der Waals surface area contributed by atoms with Crippen LogP contribution < -0.4 is 0 Å². The molecule has 140 valence electrons. The van der Waals surface area contributed by atoms with E-state index in [0.717, 1.165) is 25.7 Å². The zero-order valence-electron chi connectivity index (χ0n) is 14.3. The minimum absolute atomic E-state index is 0.156. The van der Waals surface area contributed by atoms with Crippen LogP contribution in [0.15, 0.2) is 42.2 Å². The van der Waals surface area contributed by atoms with Crippen molar-refractivity contribution in [2.75, 3.05) is 0 Å². The fourth-order valence-corrected chi connectivity index (χ4v) is 6.49. The van der Waals surface area contributed by atoms with Gasteiger partial charge in [-0.1, -0.05) is 26.2 Å². The largest absolute Gasteiger partial charge is 0.506 e. The first-order valence-corrected chi connectivity index (χ1v) is 11.8. The normalized spacial score (nSPS) is 19.5. The molecule has 1 aliphatic carbocycles. The van der Waals surface area contributed by atoms with E-state index in [4.69, 9.17) is 0 Å². The number of rotatable bonds is 3. The van der Waals surface area contributed by atoms with E-state index < -0.39 is 0 Å². The predicted molar refractivity (Wildman–Crippen MR) is 120 cm³/mol. The molecule has 0 aromatic heterocycles. The molecule has 2 N–H and O–H groups in total. The van der Waals surface area contributed by atoms with Crippen LogP contribution in [0.4, 0.5) is 0 Å². The van der Waals surface area contributed by atoms with Crippen LogP contribution in [0.2, 0.25) is 0 Å². The maximum absolute atomic E-state index is 10.2. The van der Waals surface area contributed by atoms with Gasteiger partial charge in [0, 0.05) is 5.41 Å². The molecule has 0 saturated heterocycles. The van der Waals surface area contributed by atoms with Crippen LogP contribution in [0.1, 0.15) is 50.2 Å². The van der Waals surface area contributed by atoms with Gasteiger partial charge in [0.2, 0.25) is 0 Å². The summed E-state index contributed by atoms with van der Waals surface area (Å²) >= 11 is 14.0. The molecular weight excluding hydrogens is 592 g/mol. The van der Waals surface area contributed by atoms with Crippen LogP contribution in [0, 0.1) is 5.92 Å². The first-order valence-electron chi connectivity index (χ1n) is 8.65. The molecule has 1 atom stereocenters. The van der Waals surface area contributed by atoms with E-state index in [2.05, 4.69) is 70.6 Å². The summed E-state index contributed by atoms with van der Waals surface area (Å²) < 4.78 is 2.77. The Kier molecular flexibility index (Phi) is 6.48. The Balaban J connectivity index is 2.24. The Labute approximate surface area is 187 Å². The molecule has 1 unspecified atom stereocenters. The molecule has 2 aromatic carbocycles. The standard InChI is InChI=1S/C20H20Br4O2/c1-2-11-4-3-5-20(10-11,12-6-14(21)18(25)15(22)7-12)13-8-16(23)19(26)17(24)9-13/h6-9,11,25-26H,2-5,10H2,1H3. The SMILES string of the molecule is CCC1CCCC(c2cc(Br)c(O)c(Br)c2)(c2cc(Br)c(O)c(Br)c2)C1. The highest BCUT2D eigenvalue weighted by molar-refractivity contribution is 9.11. The first-order chi connectivity index (χ1) is 12.3. The topological polar surface area (TPSA) is 40.5 Å². The summed E-state index contributed by atoms with van der Waals surface area (Å²) in [7, 11) is 0. The van der Waals surface area contributed by atoms with Gasteiger partial charge in [0.25, 0.3) is 0 Å². The molecule has 0 heterocycles. The Morgan fingerprint density at radius 1 is 0.885 bits per heavy atom. The number of hydrogen-bond acceptors (Lipinski definition) is 2. The van der Waals surface area contributed by atoms with E-state index in [-0.39, 0.29) is 16.9 Å². The summed E-state index contributed by atoms with van der Waals surface area (Å²) in [5, 5.41) is 20.3. The van der Waals surface area contributed by atoms with E-state index in [1.54, 1.807) is 0 Å². The molecular formula is C20H20Br4O2. The maximum atomic E-state index is 10.2. The number of hydrogen-bond donors (Lipinski definition) is 2. The lowest BCUT2D eigenvalue weighted by Gasteiger charge is -2.42. The van der Waals surface area contributed by atoms with Crippen molar-refractivity contribution in [2.45, 2.75) is 44.4 Å². The van der Waals surface area contributed by atoms with Crippen molar-refractivity contribution >= 4 is 63.7 Å². The highest BCUT2D eigenvalue weighted by Crippen LogP contribution is 2.51. The minimum atomic E-state index is -0.156. The number of phenols is 2. The average molecular weight is 612 g/mol. The van der Waals surface area contributed by atoms with Gasteiger partial charge in [-0.2, -0.15) is 0 Å². The summed E-state index contributed by atoms with van der Waals surface area (Å²) in [4.78, 5) is 0. The van der Waals surface area contributed by atoms with Gasteiger partial charge in [-0.05, 0) is 118 Å². The zero-order valence-corrected chi connectivity index (χ0v) is 20.7. The van der Waals surface area contributed by atoms with Gasteiger partial charge in [-0.3, -0.25) is 0 Å². The maximum Gasteiger partial charge on any atom is 0.143 e. The summed E-state index contributed by atoms with van der Waals surface area (Å²) in [6.07, 6.45) is 5.65. The first kappa shape index (κ1) is 20.7. The van der Waals surface area contributed by atoms with E-state index in [1.807, 2.05) is 24.3 Å². The monoisotopic (exact) mass is 608 g/mol. The van der Waals surface area contributed by atoms with Gasteiger partial charge in [-0.25, -0.2) is 0 Å². The molecule has 0 bridgehead atoms. The van der Waals surface area contributed by atoms with Crippen molar-refractivity contribution in [3.8, 4) is 11.5 Å². The van der Waals surface area contributed by atoms with E-state index in [9.17, 15) is 10.2 Å². The molecule has 0 spiro atoms. The second kappa shape index (κ2) is 8.14. The zero-order chi connectivity index (χ0) is 19.1. The van der Waals surface area contributed by atoms with E-state index in [1.165, 1.54) is 17.5 Å². The Bertz CT molecular complexity index is 731. The highest BCUT2D eigenvalue weighted by atomic mass is 79.9. The van der Waals surface area contributed by atoms with Crippen molar-refractivity contribution in [1.29, 1.82) is 0 Å². The van der Waals surface area contributed by atoms with E-state index >= 15 is 0 Å². The predicted octanol–water partition coefficient (Wildman–Crippen LogP) is 8.03. The highest BCUT2D eigenvalue weighted by Gasteiger charge is 2.40. The van der Waals surface area contributed by atoms with Crippen molar-refractivity contribution in [2.24, 2.45) is 5.92 Å². The number of halogens is 4. The van der Waals surface area contributed by atoms with Crippen molar-refractivity contribution in [3.63, 3.8) is 0 Å². The van der Waals surface area contributed by atoms with Crippen LogP contribution in [-0.2, 0) is 5.41 Å². The fraction of sp³-hybridized carbons (Fsp3) is 0.400. The summed E-state index contributed by atoms with van der Waals surface area (Å²) in [6.45, 7) is 2.26. The average Bonchev–Trinajstić information content (AvgIpc) is 2.63. The third kappa shape index (κ3) is 3.76. The molecule has 2 nitrogen and oxygen atoms in total. The lowest BCUT2D eigenvalue weighted by atomic mass is 9.62. The lowest BCUT2D eigenvalue weighted by molar-refractivity contribution is 0.251. The van der Waals surface area contributed by atoms with Crippen LogP contribution in [0.3, 0.4) is 0 Å². The third-order valence-corrected chi connectivity index (χ3v) is 7.99. The quantitative estimate of drug-likeness (QED) is 0.369. The van der Waals surface area contributed by atoms with Crippen molar-refractivity contribution < 1.29 is 10.2 Å². The molecule has 26 heavy (non-hydrogen) atoms. The van der Waals surface area contributed by atoms with Crippen LogP contribution in [0.25, 0.3) is 0 Å². The van der Waals surface area contributed by atoms with Crippen molar-refractivity contribution in [3.05, 3.63) is 53.3 Å². The molecule has 6 heteroatoms. The molecule has 0 aliphatic heterocycles. The van der Waals surface area contributed by atoms with E-state index in [0.29, 0.717) is 23.8 Å². The Morgan fingerprint density at radius 2 is 1.31 bits per heavy atom. The molecule has 0 radical (unpaired) electrons. The Hall–Kier alpha value is -0.0400. The molecule has 3 rings (SSSR count). The van der Waals surface area contributed by atoms with Gasteiger partial charge in [0.1, 0.15) is 11.5 Å². The minimum Gasteiger partial charge on any atom is -0.506 e. The molecule has 0 amide bonds. The number of phenolic OH excluding ortho intramolecular Hbond substituents is 2. The Morgan fingerprint density at radius 3 is 1.69 bits per heavy atom. The number of benzene rings is 2. The molecule has 1 saturated carbocycles. The fourth-order valence-electron chi connectivity index (χ4n) is 4.11. The van der Waals surface area contributed by atoms with Gasteiger partial charge >= 0.3 is 0 Å². The second-order valence-electron chi connectivity index (χ2n) is 7.03. The van der Waals surface area contributed by atoms with Crippen LogP contribution in [-0.4, -0.2) is 10.2 Å².